The number of aromatic nitrogens is 2. The second kappa shape index (κ2) is 11.9. The molecule has 1 aromatic heterocycles. The average molecular weight is 470 g/mol. The Morgan fingerprint density at radius 3 is 2.60 bits per heavy atom. The molecule has 4 rings (SSSR count). The topological polar surface area (TPSA) is 65.4 Å². The van der Waals surface area contributed by atoms with Crippen LogP contribution in [0.4, 0.5) is 0 Å². The normalized spacial score (nSPS) is 10.8. The highest BCUT2D eigenvalue weighted by Gasteiger charge is 2.13. The molecule has 3 aromatic carbocycles. The Hall–Kier alpha value is -4.06. The van der Waals surface area contributed by atoms with E-state index in [1.54, 1.807) is 31.4 Å². The summed E-state index contributed by atoms with van der Waals surface area (Å²) >= 11 is 0. The molecule has 0 fully saturated rings. The SMILES string of the molecule is C=CCc1ccccc1OCCCCn1c(CNC(=O)c2ccc(OC)cc2)nc2ccccc21. The largest absolute Gasteiger partial charge is 0.497 e. The van der Waals surface area contributed by atoms with E-state index in [4.69, 9.17) is 14.5 Å². The Bertz CT molecular complexity index is 1280. The summed E-state index contributed by atoms with van der Waals surface area (Å²) in [4.78, 5) is 17.4. The first kappa shape index (κ1) is 24.1. The van der Waals surface area contributed by atoms with Crippen LogP contribution in [0.3, 0.4) is 0 Å². The molecule has 0 saturated carbocycles. The Morgan fingerprint density at radius 2 is 1.80 bits per heavy atom. The standard InChI is InChI=1S/C29H31N3O3/c1-3-10-22-11-4-7-14-27(22)35-20-9-8-19-32-26-13-6-5-12-25(26)31-28(32)21-30-29(33)23-15-17-24(34-2)18-16-23/h3-7,11-18H,1,8-10,19-21H2,2H3,(H,30,33). The van der Waals surface area contributed by atoms with Crippen molar-refractivity contribution in [3.63, 3.8) is 0 Å². The Labute approximate surface area is 206 Å². The van der Waals surface area contributed by atoms with Gasteiger partial charge in [0.2, 0.25) is 0 Å². The molecule has 0 atom stereocenters. The second-order valence-corrected chi connectivity index (χ2v) is 8.24. The first-order valence-electron chi connectivity index (χ1n) is 11.9. The number of allylic oxidation sites excluding steroid dienone is 1. The van der Waals surface area contributed by atoms with Gasteiger partial charge in [-0.15, -0.1) is 6.58 Å². The molecular formula is C29H31N3O3. The molecule has 0 radical (unpaired) electrons. The number of hydrogen-bond acceptors (Lipinski definition) is 4. The number of fused-ring (bicyclic) bond motifs is 1. The second-order valence-electron chi connectivity index (χ2n) is 8.24. The van der Waals surface area contributed by atoms with Crippen molar-refractivity contribution in [3.05, 3.63) is 102 Å². The number of hydrogen-bond donors (Lipinski definition) is 1. The fourth-order valence-electron chi connectivity index (χ4n) is 4.04. The highest BCUT2D eigenvalue weighted by molar-refractivity contribution is 5.94. The van der Waals surface area contributed by atoms with E-state index in [-0.39, 0.29) is 5.91 Å². The minimum absolute atomic E-state index is 0.141. The van der Waals surface area contributed by atoms with E-state index in [2.05, 4.69) is 28.6 Å². The number of rotatable bonds is 12. The number of imidazole rings is 1. The number of amides is 1. The molecule has 0 unspecified atom stereocenters. The van der Waals surface area contributed by atoms with Gasteiger partial charge in [-0.25, -0.2) is 4.98 Å². The maximum Gasteiger partial charge on any atom is 0.251 e. The van der Waals surface area contributed by atoms with Crippen LogP contribution in [0.2, 0.25) is 0 Å². The predicted molar refractivity (Wildman–Crippen MR) is 139 cm³/mol. The van der Waals surface area contributed by atoms with E-state index >= 15 is 0 Å². The van der Waals surface area contributed by atoms with Gasteiger partial charge >= 0.3 is 0 Å². The van der Waals surface area contributed by atoms with Gasteiger partial charge in [0.05, 0.1) is 31.3 Å². The number of aryl methyl sites for hydroxylation is 1. The minimum atomic E-state index is -0.141. The van der Waals surface area contributed by atoms with Crippen LogP contribution in [0.15, 0.2) is 85.5 Å². The van der Waals surface area contributed by atoms with Gasteiger partial charge in [0.15, 0.2) is 0 Å². The fourth-order valence-corrected chi connectivity index (χ4v) is 4.04. The van der Waals surface area contributed by atoms with Gasteiger partial charge in [-0.1, -0.05) is 36.4 Å². The van der Waals surface area contributed by atoms with E-state index in [1.165, 1.54) is 0 Å². The fraction of sp³-hybridized carbons (Fsp3) is 0.241. The third-order valence-corrected chi connectivity index (χ3v) is 5.86. The molecule has 6 nitrogen and oxygen atoms in total. The lowest BCUT2D eigenvalue weighted by Gasteiger charge is -2.12. The van der Waals surface area contributed by atoms with E-state index in [1.807, 2.05) is 42.5 Å². The Balaban J connectivity index is 1.36. The molecule has 6 heteroatoms. The van der Waals surface area contributed by atoms with Crippen LogP contribution >= 0.6 is 0 Å². The quantitative estimate of drug-likeness (QED) is 0.218. The van der Waals surface area contributed by atoms with Gasteiger partial charge in [-0.2, -0.15) is 0 Å². The van der Waals surface area contributed by atoms with Crippen molar-refractivity contribution in [2.45, 2.75) is 32.4 Å². The van der Waals surface area contributed by atoms with Crippen molar-refractivity contribution in [3.8, 4) is 11.5 Å². The third kappa shape index (κ3) is 6.09. The van der Waals surface area contributed by atoms with E-state index in [9.17, 15) is 4.79 Å². The number of carbonyl (C=O) groups excluding carboxylic acids is 1. The van der Waals surface area contributed by atoms with Gasteiger partial charge in [0.1, 0.15) is 17.3 Å². The van der Waals surface area contributed by atoms with Gasteiger partial charge in [-0.3, -0.25) is 4.79 Å². The monoisotopic (exact) mass is 469 g/mol. The number of carbonyl (C=O) groups is 1. The number of para-hydroxylation sites is 3. The van der Waals surface area contributed by atoms with Crippen LogP contribution in [-0.2, 0) is 19.5 Å². The highest BCUT2D eigenvalue weighted by atomic mass is 16.5. The highest BCUT2D eigenvalue weighted by Crippen LogP contribution is 2.20. The zero-order chi connectivity index (χ0) is 24.5. The Morgan fingerprint density at radius 1 is 1.03 bits per heavy atom. The van der Waals surface area contributed by atoms with Crippen molar-refractivity contribution in [2.24, 2.45) is 0 Å². The number of nitrogens with one attached hydrogen (secondary N) is 1. The number of unbranched alkanes of at least 4 members (excludes halogenated alkanes) is 1. The van der Waals surface area contributed by atoms with Crippen LogP contribution in [0.5, 0.6) is 11.5 Å². The number of ether oxygens (including phenoxy) is 2. The Kier molecular flexibility index (Phi) is 8.17. The molecule has 4 aromatic rings. The van der Waals surface area contributed by atoms with E-state index < -0.39 is 0 Å². The van der Waals surface area contributed by atoms with Crippen LogP contribution < -0.4 is 14.8 Å². The summed E-state index contributed by atoms with van der Waals surface area (Å²) < 4.78 is 13.4. The zero-order valence-electron chi connectivity index (χ0n) is 20.1. The summed E-state index contributed by atoms with van der Waals surface area (Å²) in [5.41, 5.74) is 3.73. The van der Waals surface area contributed by atoms with Crippen molar-refractivity contribution >= 4 is 16.9 Å². The first-order chi connectivity index (χ1) is 17.2. The molecule has 180 valence electrons. The lowest BCUT2D eigenvalue weighted by atomic mass is 10.1. The van der Waals surface area contributed by atoms with E-state index in [0.29, 0.717) is 18.7 Å². The van der Waals surface area contributed by atoms with Crippen molar-refractivity contribution < 1.29 is 14.3 Å². The van der Waals surface area contributed by atoms with Crippen LogP contribution in [0.25, 0.3) is 11.0 Å². The summed E-state index contributed by atoms with van der Waals surface area (Å²) in [6.07, 6.45) is 4.53. The summed E-state index contributed by atoms with van der Waals surface area (Å²) in [6, 6.07) is 23.2. The summed E-state index contributed by atoms with van der Waals surface area (Å²) in [6.45, 7) is 5.62. The molecule has 0 aliphatic rings. The van der Waals surface area contributed by atoms with E-state index in [0.717, 1.165) is 59.7 Å². The van der Waals surface area contributed by atoms with Gasteiger partial charge in [-0.05, 0) is 67.3 Å². The average Bonchev–Trinajstić information content (AvgIpc) is 3.25. The first-order valence-corrected chi connectivity index (χ1v) is 11.9. The predicted octanol–water partition coefficient (Wildman–Crippen LogP) is 5.56. The maximum absolute atomic E-state index is 12.6. The van der Waals surface area contributed by atoms with Gasteiger partial charge in [0, 0.05) is 12.1 Å². The number of nitrogens with zero attached hydrogens (tertiary/aromatic N) is 2. The summed E-state index contributed by atoms with van der Waals surface area (Å²) in [5.74, 6) is 2.34. The van der Waals surface area contributed by atoms with Crippen molar-refractivity contribution in [1.82, 2.24) is 14.9 Å². The van der Waals surface area contributed by atoms with Crippen LogP contribution in [0.1, 0.15) is 34.6 Å². The number of benzene rings is 3. The molecule has 0 aliphatic carbocycles. The van der Waals surface area contributed by atoms with Gasteiger partial charge < -0.3 is 19.4 Å². The van der Waals surface area contributed by atoms with Crippen LogP contribution in [0, 0.1) is 0 Å². The maximum atomic E-state index is 12.6. The third-order valence-electron chi connectivity index (χ3n) is 5.86. The molecule has 0 bridgehead atoms. The van der Waals surface area contributed by atoms with Gasteiger partial charge in [0.25, 0.3) is 5.91 Å². The molecule has 35 heavy (non-hydrogen) atoms. The number of methoxy groups -OCH3 is 1. The van der Waals surface area contributed by atoms with Crippen LogP contribution in [-0.4, -0.2) is 29.2 Å². The molecule has 0 spiro atoms. The minimum Gasteiger partial charge on any atom is -0.497 e. The molecule has 0 saturated heterocycles. The zero-order valence-corrected chi connectivity index (χ0v) is 20.1. The molecule has 1 heterocycles. The summed E-state index contributed by atoms with van der Waals surface area (Å²) in [7, 11) is 1.60. The smallest absolute Gasteiger partial charge is 0.251 e. The van der Waals surface area contributed by atoms with Crippen molar-refractivity contribution in [1.29, 1.82) is 0 Å². The molecule has 0 aliphatic heterocycles. The molecule has 1 N–H and O–H groups in total. The lowest BCUT2D eigenvalue weighted by Crippen LogP contribution is -2.24. The molecule has 1 amide bonds. The molecular weight excluding hydrogens is 438 g/mol. The van der Waals surface area contributed by atoms with Crippen molar-refractivity contribution in [2.75, 3.05) is 13.7 Å². The summed E-state index contributed by atoms with van der Waals surface area (Å²) in [5, 5.41) is 3.00. The lowest BCUT2D eigenvalue weighted by molar-refractivity contribution is 0.0949.